The Morgan fingerprint density at radius 3 is 2.27 bits per heavy atom. The summed E-state index contributed by atoms with van der Waals surface area (Å²) >= 11 is 0. The van der Waals surface area contributed by atoms with Crippen molar-refractivity contribution in [1.29, 1.82) is 0 Å². The van der Waals surface area contributed by atoms with Crippen molar-refractivity contribution >= 4 is 5.78 Å². The first-order valence-corrected chi connectivity index (χ1v) is 16.5. The van der Waals surface area contributed by atoms with Crippen LogP contribution in [0, 0.1) is 52.3 Å². The average molecular weight is 581 g/mol. The van der Waals surface area contributed by atoms with Gasteiger partial charge in [0, 0.05) is 5.92 Å². The minimum atomic E-state index is -1.50. The molecule has 4 aliphatic carbocycles. The van der Waals surface area contributed by atoms with Gasteiger partial charge in [-0.3, -0.25) is 4.79 Å². The summed E-state index contributed by atoms with van der Waals surface area (Å²) in [6.45, 7) is 11.2. The number of aliphatic hydroxyl groups is 5. The van der Waals surface area contributed by atoms with Crippen molar-refractivity contribution in [2.75, 3.05) is 6.61 Å². The lowest BCUT2D eigenvalue weighted by Gasteiger charge is -2.61. The third-order valence-electron chi connectivity index (χ3n) is 12.9. The maximum atomic E-state index is 13.9. The molecule has 5 rings (SSSR count). The Bertz CT molecular complexity index is 925. The van der Waals surface area contributed by atoms with Crippen LogP contribution in [-0.4, -0.2) is 80.8 Å². The van der Waals surface area contributed by atoms with Crippen LogP contribution in [0.15, 0.2) is 0 Å². The molecule has 0 radical (unpaired) electrons. The fraction of sp³-hybridized carbons (Fsp3) is 0.970. The van der Waals surface area contributed by atoms with Crippen LogP contribution in [0.1, 0.15) is 98.8 Å². The number of Topliss-reactive ketones (excluding diaryl/α,β-unsaturated/α-hetero) is 1. The summed E-state index contributed by atoms with van der Waals surface area (Å²) in [5.41, 5.74) is -0.0369. The van der Waals surface area contributed by atoms with Crippen molar-refractivity contribution in [2.45, 2.75) is 142 Å². The predicted molar refractivity (Wildman–Crippen MR) is 153 cm³/mol. The van der Waals surface area contributed by atoms with Gasteiger partial charge in [-0.2, -0.15) is 0 Å². The van der Waals surface area contributed by atoms with E-state index in [1.807, 2.05) is 0 Å². The molecule has 5 N–H and O–H groups in total. The second kappa shape index (κ2) is 12.1. The quantitative estimate of drug-likeness (QED) is 0.276. The van der Waals surface area contributed by atoms with E-state index in [4.69, 9.17) is 9.47 Å². The highest BCUT2D eigenvalue weighted by atomic mass is 16.7. The van der Waals surface area contributed by atoms with E-state index in [1.165, 1.54) is 25.7 Å². The Morgan fingerprint density at radius 1 is 0.902 bits per heavy atom. The summed E-state index contributed by atoms with van der Waals surface area (Å²) in [6, 6.07) is 0. The summed E-state index contributed by atoms with van der Waals surface area (Å²) in [7, 11) is 0. The van der Waals surface area contributed by atoms with Crippen molar-refractivity contribution in [1.82, 2.24) is 0 Å². The standard InChI is InChI=1S/C33H56O8/c1-17(2)7-6-8-18(3)20-9-10-21-25-22(12-14-32(20,21)4)33(5)13-11-19(15-23(33)26(35)28(25)37)40-31-30(39)29(38)27(36)24(16-34)41-31/h17-25,27-31,34,36-39H,6-16H2,1-5H3/t18-,19?,20-,21?,22?,23?,24-,25?,27-,28?,29+,30-,31+,32-,33-/m1/s1. The lowest BCUT2D eigenvalue weighted by atomic mass is 9.43. The van der Waals surface area contributed by atoms with Crippen LogP contribution in [-0.2, 0) is 14.3 Å². The molecule has 5 fully saturated rings. The highest BCUT2D eigenvalue weighted by Crippen LogP contribution is 2.68. The van der Waals surface area contributed by atoms with Gasteiger partial charge >= 0.3 is 0 Å². The number of hydrogen-bond donors (Lipinski definition) is 5. The summed E-state index contributed by atoms with van der Waals surface area (Å²) < 4.78 is 11.7. The van der Waals surface area contributed by atoms with Crippen LogP contribution in [0.2, 0.25) is 0 Å². The molecule has 1 heterocycles. The van der Waals surface area contributed by atoms with Crippen LogP contribution in [0.4, 0.5) is 0 Å². The number of carbonyl (C=O) groups excluding carboxylic acids is 1. The Labute approximate surface area is 246 Å². The highest BCUT2D eigenvalue weighted by molar-refractivity contribution is 5.87. The average Bonchev–Trinajstić information content (AvgIpc) is 3.29. The van der Waals surface area contributed by atoms with Gasteiger partial charge in [-0.15, -0.1) is 0 Å². The Hall–Kier alpha value is -0.610. The van der Waals surface area contributed by atoms with Gasteiger partial charge in [-0.25, -0.2) is 0 Å². The maximum absolute atomic E-state index is 13.9. The molecule has 5 aliphatic rings. The molecule has 4 saturated carbocycles. The molecule has 0 aromatic carbocycles. The van der Waals surface area contributed by atoms with E-state index in [2.05, 4.69) is 34.6 Å². The van der Waals surface area contributed by atoms with Crippen molar-refractivity contribution in [3.8, 4) is 0 Å². The number of ether oxygens (including phenoxy) is 2. The van der Waals surface area contributed by atoms with Crippen LogP contribution in [0.3, 0.4) is 0 Å². The van der Waals surface area contributed by atoms with E-state index >= 15 is 0 Å². The van der Waals surface area contributed by atoms with Crippen molar-refractivity contribution in [3.63, 3.8) is 0 Å². The van der Waals surface area contributed by atoms with Gasteiger partial charge in [0.25, 0.3) is 0 Å². The van der Waals surface area contributed by atoms with Gasteiger partial charge < -0.3 is 35.0 Å². The lowest BCUT2D eigenvalue weighted by molar-refractivity contribution is -0.316. The molecule has 15 atom stereocenters. The van der Waals surface area contributed by atoms with E-state index in [-0.39, 0.29) is 28.4 Å². The molecule has 236 valence electrons. The number of aliphatic hydroxyl groups excluding tert-OH is 5. The second-order valence-electron chi connectivity index (χ2n) is 15.5. The first-order chi connectivity index (χ1) is 19.3. The van der Waals surface area contributed by atoms with Crippen molar-refractivity contribution in [2.24, 2.45) is 52.3 Å². The maximum Gasteiger partial charge on any atom is 0.186 e. The largest absolute Gasteiger partial charge is 0.394 e. The summed E-state index contributed by atoms with van der Waals surface area (Å²) in [6.07, 6.45) is 2.24. The summed E-state index contributed by atoms with van der Waals surface area (Å²) in [4.78, 5) is 13.9. The molecule has 6 unspecified atom stereocenters. The van der Waals surface area contributed by atoms with Gasteiger partial charge in [-0.05, 0) is 91.3 Å². The van der Waals surface area contributed by atoms with Crippen molar-refractivity contribution < 1.29 is 39.8 Å². The van der Waals surface area contributed by atoms with Crippen LogP contribution in [0.25, 0.3) is 0 Å². The Morgan fingerprint density at radius 2 is 1.59 bits per heavy atom. The predicted octanol–water partition coefficient (Wildman–Crippen LogP) is 3.44. The smallest absolute Gasteiger partial charge is 0.186 e. The minimum Gasteiger partial charge on any atom is -0.394 e. The van der Waals surface area contributed by atoms with E-state index in [9.17, 15) is 30.3 Å². The molecule has 0 amide bonds. The molecule has 1 aliphatic heterocycles. The third kappa shape index (κ3) is 5.46. The monoisotopic (exact) mass is 580 g/mol. The molecule has 0 aromatic heterocycles. The van der Waals surface area contributed by atoms with E-state index in [1.54, 1.807) is 0 Å². The van der Waals surface area contributed by atoms with Crippen molar-refractivity contribution in [3.05, 3.63) is 0 Å². The van der Waals surface area contributed by atoms with Crippen LogP contribution < -0.4 is 0 Å². The summed E-state index contributed by atoms with van der Waals surface area (Å²) in [5.74, 6) is 2.33. The fourth-order valence-electron chi connectivity index (χ4n) is 10.5. The topological polar surface area (TPSA) is 137 Å². The first-order valence-electron chi connectivity index (χ1n) is 16.5. The number of hydrogen-bond acceptors (Lipinski definition) is 8. The number of fused-ring (bicyclic) bond motifs is 5. The van der Waals surface area contributed by atoms with Gasteiger partial charge in [0.2, 0.25) is 0 Å². The summed E-state index contributed by atoms with van der Waals surface area (Å²) in [5, 5.41) is 52.0. The number of ketones is 1. The zero-order valence-corrected chi connectivity index (χ0v) is 25.8. The molecule has 0 aromatic rings. The zero-order valence-electron chi connectivity index (χ0n) is 25.8. The highest BCUT2D eigenvalue weighted by Gasteiger charge is 2.65. The second-order valence-corrected chi connectivity index (χ2v) is 15.5. The zero-order chi connectivity index (χ0) is 29.9. The number of carbonyl (C=O) groups is 1. The Kier molecular flexibility index (Phi) is 9.35. The van der Waals surface area contributed by atoms with Gasteiger partial charge in [0.1, 0.15) is 30.5 Å². The third-order valence-corrected chi connectivity index (χ3v) is 12.9. The fourth-order valence-corrected chi connectivity index (χ4v) is 10.5. The molecule has 8 nitrogen and oxygen atoms in total. The van der Waals surface area contributed by atoms with E-state index in [0.29, 0.717) is 36.5 Å². The van der Waals surface area contributed by atoms with Gasteiger partial charge in [0.15, 0.2) is 12.1 Å². The SMILES string of the molecule is CC(C)CCC[C@@H](C)[C@H]1CCC2C3C(O)C(=O)C4CC(O[C@H]5O[C@H](CO)[C@@H](O)[C@H](O)[C@H]5O)CC[C@]4(C)C3CC[C@@]21C. The first kappa shape index (κ1) is 31.8. The molecule has 0 spiro atoms. The molecule has 41 heavy (non-hydrogen) atoms. The van der Waals surface area contributed by atoms with Crippen LogP contribution >= 0.6 is 0 Å². The normalized spacial score (nSPS) is 50.8. The molecule has 1 saturated heterocycles. The molecular weight excluding hydrogens is 524 g/mol. The molecule has 8 heteroatoms. The molecular formula is C33H56O8. The lowest BCUT2D eigenvalue weighted by Crippen LogP contribution is -2.63. The Balaban J connectivity index is 1.28. The van der Waals surface area contributed by atoms with E-state index < -0.39 is 49.5 Å². The minimum absolute atomic E-state index is 0.0123. The molecule has 0 bridgehead atoms. The number of rotatable bonds is 8. The van der Waals surface area contributed by atoms with Gasteiger partial charge in [0.05, 0.1) is 12.7 Å². The van der Waals surface area contributed by atoms with E-state index in [0.717, 1.165) is 31.6 Å². The van der Waals surface area contributed by atoms with Gasteiger partial charge in [-0.1, -0.05) is 53.9 Å². The van der Waals surface area contributed by atoms with Crippen LogP contribution in [0.5, 0.6) is 0 Å².